The van der Waals surface area contributed by atoms with Gasteiger partial charge in [0.15, 0.2) is 0 Å². The van der Waals surface area contributed by atoms with E-state index >= 15 is 0 Å². The highest BCUT2D eigenvalue weighted by Crippen LogP contribution is 2.30. The Hall–Kier alpha value is -1.37. The minimum Gasteiger partial charge on any atom is -0.385 e. The molecule has 1 aromatic rings. The molecule has 1 heterocycles. The van der Waals surface area contributed by atoms with Crippen LogP contribution in [0.4, 0.5) is 0 Å². The van der Waals surface area contributed by atoms with Crippen LogP contribution in [0.1, 0.15) is 24.0 Å². The average Bonchev–Trinajstić information content (AvgIpc) is 2.30. The molecular formula is C12H14N2O. The van der Waals surface area contributed by atoms with Gasteiger partial charge >= 0.3 is 0 Å². The fourth-order valence-corrected chi connectivity index (χ4v) is 1.98. The number of nitrogens with one attached hydrogen (secondary N) is 1. The standard InChI is InChI=1S/C12H14N2O/c13-9-10-1-3-11(4-2-10)12(15)5-7-14-8-6-12/h1-4,14-15H,5-8H2. The van der Waals surface area contributed by atoms with Gasteiger partial charge in [0.05, 0.1) is 17.2 Å². The van der Waals surface area contributed by atoms with Gasteiger partial charge in [0.1, 0.15) is 0 Å². The first-order valence-electron chi connectivity index (χ1n) is 5.18. The zero-order valence-electron chi connectivity index (χ0n) is 8.53. The summed E-state index contributed by atoms with van der Waals surface area (Å²) in [5.41, 5.74) is 0.846. The maximum atomic E-state index is 10.4. The van der Waals surface area contributed by atoms with E-state index in [0.717, 1.165) is 31.5 Å². The zero-order valence-corrected chi connectivity index (χ0v) is 8.53. The molecule has 15 heavy (non-hydrogen) atoms. The van der Waals surface area contributed by atoms with E-state index in [4.69, 9.17) is 5.26 Å². The second-order valence-corrected chi connectivity index (χ2v) is 3.97. The third-order valence-electron chi connectivity index (χ3n) is 2.98. The number of benzene rings is 1. The van der Waals surface area contributed by atoms with Crippen LogP contribution in [0.5, 0.6) is 0 Å². The summed E-state index contributed by atoms with van der Waals surface area (Å²) in [6.45, 7) is 1.69. The van der Waals surface area contributed by atoms with Crippen molar-refractivity contribution < 1.29 is 5.11 Å². The van der Waals surface area contributed by atoms with E-state index in [-0.39, 0.29) is 0 Å². The number of rotatable bonds is 1. The SMILES string of the molecule is N#Cc1ccc(C2(O)CCNCC2)cc1. The van der Waals surface area contributed by atoms with Crippen molar-refractivity contribution in [2.45, 2.75) is 18.4 Å². The molecule has 0 saturated carbocycles. The van der Waals surface area contributed by atoms with E-state index in [0.29, 0.717) is 5.56 Å². The van der Waals surface area contributed by atoms with Crippen molar-refractivity contribution in [1.29, 1.82) is 5.26 Å². The lowest BCUT2D eigenvalue weighted by Gasteiger charge is -2.33. The molecule has 0 aliphatic carbocycles. The normalized spacial score (nSPS) is 19.5. The highest BCUT2D eigenvalue weighted by molar-refractivity contribution is 5.34. The second-order valence-electron chi connectivity index (χ2n) is 3.97. The summed E-state index contributed by atoms with van der Waals surface area (Å²) in [4.78, 5) is 0. The minimum atomic E-state index is -0.709. The molecule has 78 valence electrons. The molecule has 0 atom stereocenters. The van der Waals surface area contributed by atoms with Crippen molar-refractivity contribution in [2.75, 3.05) is 13.1 Å². The van der Waals surface area contributed by atoms with Gasteiger partial charge in [-0.1, -0.05) is 12.1 Å². The van der Waals surface area contributed by atoms with Gasteiger partial charge in [-0.05, 0) is 43.6 Å². The molecule has 1 aliphatic heterocycles. The van der Waals surface area contributed by atoms with Gasteiger partial charge < -0.3 is 10.4 Å². The highest BCUT2D eigenvalue weighted by atomic mass is 16.3. The quantitative estimate of drug-likeness (QED) is 0.717. The van der Waals surface area contributed by atoms with Crippen LogP contribution in [0.3, 0.4) is 0 Å². The van der Waals surface area contributed by atoms with Gasteiger partial charge in [0.2, 0.25) is 0 Å². The molecule has 1 saturated heterocycles. The molecule has 1 fully saturated rings. The largest absolute Gasteiger partial charge is 0.385 e. The van der Waals surface area contributed by atoms with Crippen LogP contribution in [0.15, 0.2) is 24.3 Å². The first-order valence-corrected chi connectivity index (χ1v) is 5.18. The Balaban J connectivity index is 2.24. The molecule has 1 aliphatic rings. The third kappa shape index (κ3) is 2.01. The second kappa shape index (κ2) is 4.01. The van der Waals surface area contributed by atoms with E-state index in [1.54, 1.807) is 12.1 Å². The van der Waals surface area contributed by atoms with Crippen molar-refractivity contribution >= 4 is 0 Å². The molecule has 0 unspecified atom stereocenters. The zero-order chi connectivity index (χ0) is 10.7. The highest BCUT2D eigenvalue weighted by Gasteiger charge is 2.30. The summed E-state index contributed by atoms with van der Waals surface area (Å²) in [5, 5.41) is 22.3. The minimum absolute atomic E-state index is 0.635. The van der Waals surface area contributed by atoms with Crippen molar-refractivity contribution in [2.24, 2.45) is 0 Å². The molecule has 0 spiro atoms. The van der Waals surface area contributed by atoms with Crippen LogP contribution in [0, 0.1) is 11.3 Å². The monoisotopic (exact) mass is 202 g/mol. The number of nitriles is 1. The van der Waals surface area contributed by atoms with Crippen molar-refractivity contribution in [1.82, 2.24) is 5.32 Å². The molecular weight excluding hydrogens is 188 g/mol. The summed E-state index contributed by atoms with van der Waals surface area (Å²) < 4.78 is 0. The van der Waals surface area contributed by atoms with Crippen molar-refractivity contribution in [3.63, 3.8) is 0 Å². The van der Waals surface area contributed by atoms with E-state index in [1.165, 1.54) is 0 Å². The summed E-state index contributed by atoms with van der Waals surface area (Å²) in [6.07, 6.45) is 1.47. The maximum Gasteiger partial charge on any atom is 0.0991 e. The predicted octanol–water partition coefficient (Wildman–Crippen LogP) is 1.13. The van der Waals surface area contributed by atoms with E-state index in [2.05, 4.69) is 11.4 Å². The van der Waals surface area contributed by atoms with Crippen LogP contribution in [0.25, 0.3) is 0 Å². The molecule has 3 nitrogen and oxygen atoms in total. The maximum absolute atomic E-state index is 10.4. The number of piperidine rings is 1. The fourth-order valence-electron chi connectivity index (χ4n) is 1.98. The predicted molar refractivity (Wildman–Crippen MR) is 57.2 cm³/mol. The van der Waals surface area contributed by atoms with Crippen molar-refractivity contribution in [3.05, 3.63) is 35.4 Å². The molecule has 2 rings (SSSR count). The summed E-state index contributed by atoms with van der Waals surface area (Å²) in [7, 11) is 0. The number of hydrogen-bond donors (Lipinski definition) is 2. The first kappa shape index (κ1) is 10.2. The fraction of sp³-hybridized carbons (Fsp3) is 0.417. The molecule has 3 heteroatoms. The molecule has 0 amide bonds. The van der Waals surface area contributed by atoms with E-state index in [9.17, 15) is 5.11 Å². The van der Waals surface area contributed by atoms with Gasteiger partial charge in [-0.2, -0.15) is 5.26 Å². The summed E-state index contributed by atoms with van der Waals surface area (Å²) in [5.74, 6) is 0. The number of hydrogen-bond acceptors (Lipinski definition) is 3. The first-order chi connectivity index (χ1) is 7.24. The Kier molecular flexibility index (Phi) is 2.72. The van der Waals surface area contributed by atoms with Gasteiger partial charge in [0.25, 0.3) is 0 Å². The van der Waals surface area contributed by atoms with E-state index in [1.807, 2.05) is 12.1 Å². The summed E-state index contributed by atoms with van der Waals surface area (Å²) >= 11 is 0. The van der Waals surface area contributed by atoms with Crippen LogP contribution < -0.4 is 5.32 Å². The van der Waals surface area contributed by atoms with Crippen LogP contribution in [-0.2, 0) is 5.60 Å². The van der Waals surface area contributed by atoms with Gasteiger partial charge in [-0.3, -0.25) is 0 Å². The topological polar surface area (TPSA) is 56.0 Å². The van der Waals surface area contributed by atoms with E-state index < -0.39 is 5.60 Å². The Bertz CT molecular complexity index is 372. The lowest BCUT2D eigenvalue weighted by Crippen LogP contribution is -2.39. The third-order valence-corrected chi connectivity index (χ3v) is 2.98. The molecule has 0 aromatic heterocycles. The van der Waals surface area contributed by atoms with Crippen molar-refractivity contribution in [3.8, 4) is 6.07 Å². The summed E-state index contributed by atoms with van der Waals surface area (Å²) in [6, 6.07) is 9.30. The Morgan fingerprint density at radius 2 is 1.80 bits per heavy atom. The lowest BCUT2D eigenvalue weighted by molar-refractivity contribution is 0.00594. The molecule has 0 radical (unpaired) electrons. The van der Waals surface area contributed by atoms with Gasteiger partial charge in [-0.25, -0.2) is 0 Å². The molecule has 0 bridgehead atoms. The number of nitrogens with zero attached hydrogens (tertiary/aromatic N) is 1. The Morgan fingerprint density at radius 3 is 2.33 bits per heavy atom. The van der Waals surface area contributed by atoms with Crippen LogP contribution in [0.2, 0.25) is 0 Å². The number of aliphatic hydroxyl groups is 1. The smallest absolute Gasteiger partial charge is 0.0991 e. The van der Waals surface area contributed by atoms with Gasteiger partial charge in [0, 0.05) is 0 Å². The Morgan fingerprint density at radius 1 is 1.20 bits per heavy atom. The lowest BCUT2D eigenvalue weighted by atomic mass is 9.85. The average molecular weight is 202 g/mol. The van der Waals surface area contributed by atoms with Gasteiger partial charge in [-0.15, -0.1) is 0 Å². The molecule has 2 N–H and O–H groups in total. The Labute approximate surface area is 89.4 Å². The van der Waals surface area contributed by atoms with Crippen LogP contribution in [-0.4, -0.2) is 18.2 Å². The van der Waals surface area contributed by atoms with Crippen LogP contribution >= 0.6 is 0 Å². The molecule has 1 aromatic carbocycles.